The van der Waals surface area contributed by atoms with Gasteiger partial charge in [0.05, 0.1) is 12.8 Å². The van der Waals surface area contributed by atoms with Crippen LogP contribution in [0, 0.1) is 0 Å². The van der Waals surface area contributed by atoms with Gasteiger partial charge in [-0.05, 0) is 47.2 Å². The molecule has 1 heterocycles. The van der Waals surface area contributed by atoms with Crippen molar-refractivity contribution in [1.82, 2.24) is 4.57 Å². The number of pyridine rings is 1. The summed E-state index contributed by atoms with van der Waals surface area (Å²) < 4.78 is 7.49. The van der Waals surface area contributed by atoms with Gasteiger partial charge in [0.15, 0.2) is 0 Å². The number of halogens is 1. The number of para-hydroxylation sites is 1. The van der Waals surface area contributed by atoms with Crippen LogP contribution in [0.15, 0.2) is 82.1 Å². The van der Waals surface area contributed by atoms with Crippen molar-refractivity contribution in [1.29, 1.82) is 0 Å². The molecule has 0 aliphatic carbocycles. The molecule has 0 spiro atoms. The Hall–Kier alpha value is -3.18. The monoisotopic (exact) mass is 461 g/mol. The van der Waals surface area contributed by atoms with Crippen molar-refractivity contribution in [3.63, 3.8) is 0 Å². The predicted molar refractivity (Wildman–Crippen MR) is 123 cm³/mol. The number of benzene rings is 3. The highest BCUT2D eigenvalue weighted by molar-refractivity contribution is 9.10. The molecule has 4 rings (SSSR count). The summed E-state index contributed by atoms with van der Waals surface area (Å²) in [6, 6.07) is 22.8. The molecule has 1 aromatic heterocycles. The van der Waals surface area contributed by atoms with E-state index in [1.165, 1.54) is 11.7 Å². The Kier molecular flexibility index (Phi) is 5.55. The van der Waals surface area contributed by atoms with E-state index in [1.54, 1.807) is 6.07 Å². The molecule has 0 bridgehead atoms. The molecular weight excluding hydrogens is 442 g/mol. The number of aromatic nitrogens is 1. The Morgan fingerprint density at radius 1 is 0.967 bits per heavy atom. The van der Waals surface area contributed by atoms with Gasteiger partial charge in [-0.25, -0.2) is 4.79 Å². The predicted octanol–water partition coefficient (Wildman–Crippen LogP) is 5.77. The van der Waals surface area contributed by atoms with Gasteiger partial charge in [0.1, 0.15) is 5.69 Å². The molecular formula is C25H20BrNO3. The summed E-state index contributed by atoms with van der Waals surface area (Å²) in [4.78, 5) is 26.8. The molecule has 4 nitrogen and oxygen atoms in total. The Morgan fingerprint density at radius 2 is 1.67 bits per heavy atom. The van der Waals surface area contributed by atoms with E-state index in [9.17, 15) is 9.59 Å². The van der Waals surface area contributed by atoms with Crippen LogP contribution in [-0.2, 0) is 11.2 Å². The average molecular weight is 462 g/mol. The van der Waals surface area contributed by atoms with Crippen LogP contribution in [0.2, 0.25) is 0 Å². The largest absolute Gasteiger partial charge is 0.464 e. The van der Waals surface area contributed by atoms with Crippen molar-refractivity contribution >= 4 is 32.7 Å². The van der Waals surface area contributed by atoms with Gasteiger partial charge in [0, 0.05) is 15.4 Å². The second-order valence-electron chi connectivity index (χ2n) is 6.89. The first-order valence-electron chi connectivity index (χ1n) is 9.67. The van der Waals surface area contributed by atoms with Crippen molar-refractivity contribution in [2.45, 2.75) is 13.3 Å². The molecule has 0 saturated heterocycles. The van der Waals surface area contributed by atoms with Gasteiger partial charge in [-0.2, -0.15) is 0 Å². The molecule has 4 aromatic rings. The number of aryl methyl sites for hydroxylation is 1. The molecule has 30 heavy (non-hydrogen) atoms. The number of hydrogen-bond acceptors (Lipinski definition) is 3. The minimum atomic E-state index is -0.557. The van der Waals surface area contributed by atoms with E-state index < -0.39 is 5.97 Å². The summed E-state index contributed by atoms with van der Waals surface area (Å²) in [6.45, 7) is 2.03. The first kappa shape index (κ1) is 20.1. The fraction of sp³-hybridized carbons (Fsp3) is 0.120. The summed E-state index contributed by atoms with van der Waals surface area (Å²) in [7, 11) is 1.34. The number of esters is 1. The lowest BCUT2D eigenvalue weighted by molar-refractivity contribution is 0.0591. The third-order valence-electron chi connectivity index (χ3n) is 5.20. The second kappa shape index (κ2) is 8.28. The van der Waals surface area contributed by atoms with Gasteiger partial charge in [0.25, 0.3) is 5.56 Å². The van der Waals surface area contributed by atoms with Gasteiger partial charge >= 0.3 is 5.97 Å². The van der Waals surface area contributed by atoms with Crippen LogP contribution in [-0.4, -0.2) is 17.6 Å². The maximum Gasteiger partial charge on any atom is 0.355 e. The van der Waals surface area contributed by atoms with Crippen molar-refractivity contribution in [3.8, 4) is 16.8 Å². The highest BCUT2D eigenvalue weighted by Gasteiger charge is 2.25. The molecule has 0 radical (unpaired) electrons. The van der Waals surface area contributed by atoms with Crippen molar-refractivity contribution in [2.75, 3.05) is 7.11 Å². The molecule has 0 amide bonds. The number of fused-ring (bicyclic) bond motifs is 1. The van der Waals surface area contributed by atoms with E-state index in [2.05, 4.69) is 15.9 Å². The van der Waals surface area contributed by atoms with E-state index in [1.807, 2.05) is 73.7 Å². The maximum absolute atomic E-state index is 13.7. The number of methoxy groups -OCH3 is 1. The first-order chi connectivity index (χ1) is 14.6. The molecule has 0 fully saturated rings. The standard InChI is InChI=1S/C25H20BrNO3/c1-3-16-9-7-8-12-21(16)27-23(25(29)30-2)22(17-10-5-4-6-11-17)20-15-18(26)13-14-19(20)24(27)28/h4-15H,3H2,1-2H3. The lowest BCUT2D eigenvalue weighted by Crippen LogP contribution is -2.27. The molecule has 0 aliphatic rings. The maximum atomic E-state index is 13.7. The molecule has 0 N–H and O–H groups in total. The second-order valence-corrected chi connectivity index (χ2v) is 7.81. The zero-order valence-corrected chi connectivity index (χ0v) is 18.3. The highest BCUT2D eigenvalue weighted by atomic mass is 79.9. The zero-order chi connectivity index (χ0) is 21.3. The van der Waals surface area contributed by atoms with E-state index >= 15 is 0 Å². The van der Waals surface area contributed by atoms with Crippen LogP contribution < -0.4 is 5.56 Å². The Balaban J connectivity index is 2.28. The molecule has 0 saturated carbocycles. The van der Waals surface area contributed by atoms with Gasteiger partial charge < -0.3 is 4.74 Å². The lowest BCUT2D eigenvalue weighted by atomic mass is 9.96. The van der Waals surface area contributed by atoms with Crippen LogP contribution in [0.5, 0.6) is 0 Å². The topological polar surface area (TPSA) is 48.3 Å². The average Bonchev–Trinajstić information content (AvgIpc) is 2.78. The van der Waals surface area contributed by atoms with E-state index in [-0.39, 0.29) is 11.3 Å². The minimum Gasteiger partial charge on any atom is -0.464 e. The van der Waals surface area contributed by atoms with Crippen LogP contribution in [0.1, 0.15) is 23.0 Å². The molecule has 0 atom stereocenters. The number of rotatable bonds is 4. The van der Waals surface area contributed by atoms with Gasteiger partial charge in [-0.1, -0.05) is 71.4 Å². The molecule has 0 unspecified atom stereocenters. The summed E-state index contributed by atoms with van der Waals surface area (Å²) in [6.07, 6.45) is 0.724. The number of nitrogens with zero attached hydrogens (tertiary/aromatic N) is 1. The van der Waals surface area contributed by atoms with E-state index in [0.29, 0.717) is 22.0 Å². The number of carbonyl (C=O) groups is 1. The van der Waals surface area contributed by atoms with Gasteiger partial charge in [-0.3, -0.25) is 9.36 Å². The van der Waals surface area contributed by atoms with Crippen molar-refractivity contribution in [3.05, 3.63) is 98.9 Å². The van der Waals surface area contributed by atoms with E-state index in [4.69, 9.17) is 4.74 Å². The van der Waals surface area contributed by atoms with Crippen molar-refractivity contribution < 1.29 is 9.53 Å². The Morgan fingerprint density at radius 3 is 2.37 bits per heavy atom. The molecule has 150 valence electrons. The van der Waals surface area contributed by atoms with E-state index in [0.717, 1.165) is 22.0 Å². The number of ether oxygens (including phenoxy) is 1. The minimum absolute atomic E-state index is 0.222. The summed E-state index contributed by atoms with van der Waals surface area (Å²) >= 11 is 3.50. The summed E-state index contributed by atoms with van der Waals surface area (Å²) in [5.74, 6) is -0.557. The third kappa shape index (κ3) is 3.35. The van der Waals surface area contributed by atoms with Gasteiger partial charge in [0.2, 0.25) is 0 Å². The molecule has 5 heteroatoms. The normalized spacial score (nSPS) is 10.9. The molecule has 0 aliphatic heterocycles. The van der Waals surface area contributed by atoms with Crippen LogP contribution in [0.4, 0.5) is 0 Å². The fourth-order valence-electron chi connectivity index (χ4n) is 3.82. The Labute approximate surface area is 182 Å². The fourth-order valence-corrected chi connectivity index (χ4v) is 4.18. The third-order valence-corrected chi connectivity index (χ3v) is 5.69. The summed E-state index contributed by atoms with van der Waals surface area (Å²) in [5.41, 5.74) is 3.14. The zero-order valence-electron chi connectivity index (χ0n) is 16.7. The van der Waals surface area contributed by atoms with Crippen molar-refractivity contribution in [2.24, 2.45) is 0 Å². The SMILES string of the molecule is CCc1ccccc1-n1c(C(=O)OC)c(-c2ccccc2)c2cc(Br)ccc2c1=O. The number of carbonyl (C=O) groups excluding carboxylic acids is 1. The van der Waals surface area contributed by atoms with Crippen LogP contribution in [0.3, 0.4) is 0 Å². The quantitative estimate of drug-likeness (QED) is 0.362. The smallest absolute Gasteiger partial charge is 0.355 e. The van der Waals surface area contributed by atoms with Crippen LogP contribution in [0.25, 0.3) is 27.6 Å². The van der Waals surface area contributed by atoms with Gasteiger partial charge in [-0.15, -0.1) is 0 Å². The molecule has 3 aromatic carbocycles. The summed E-state index contributed by atoms with van der Waals surface area (Å²) in [5, 5.41) is 1.24. The Bertz CT molecular complexity index is 1310. The van der Waals surface area contributed by atoms with Crippen LogP contribution >= 0.6 is 15.9 Å². The lowest BCUT2D eigenvalue weighted by Gasteiger charge is -2.20. The number of hydrogen-bond donors (Lipinski definition) is 0. The first-order valence-corrected chi connectivity index (χ1v) is 10.5. The highest BCUT2D eigenvalue weighted by Crippen LogP contribution is 2.34.